The highest BCUT2D eigenvalue weighted by molar-refractivity contribution is 5.85. The van der Waals surface area contributed by atoms with E-state index in [1.807, 2.05) is 0 Å². The van der Waals surface area contributed by atoms with Crippen LogP contribution in [0.25, 0.3) is 5.57 Å². The highest BCUT2D eigenvalue weighted by atomic mass is 35.5. The normalized spacial score (nSPS) is 16.9. The van der Waals surface area contributed by atoms with Gasteiger partial charge in [-0.3, -0.25) is 0 Å². The molecule has 2 rings (SSSR count). The largest absolute Gasteiger partial charge is 0.376 e. The minimum atomic E-state index is 0. The van der Waals surface area contributed by atoms with E-state index in [0.717, 1.165) is 0 Å². The number of hydrogen-bond acceptors (Lipinski definition) is 1. The van der Waals surface area contributed by atoms with E-state index >= 15 is 0 Å². The van der Waals surface area contributed by atoms with Crippen LogP contribution in [0, 0.1) is 6.92 Å². The summed E-state index contributed by atoms with van der Waals surface area (Å²) in [6.45, 7) is 8.74. The highest BCUT2D eigenvalue weighted by Gasteiger charge is 2.22. The predicted molar refractivity (Wildman–Crippen MR) is 69.8 cm³/mol. The van der Waals surface area contributed by atoms with Crippen LogP contribution in [0.4, 0.5) is 5.69 Å². The van der Waals surface area contributed by atoms with Crippen molar-refractivity contribution < 1.29 is 0 Å². The molecule has 0 aromatic heterocycles. The Morgan fingerprint density at radius 3 is 2.47 bits per heavy atom. The van der Waals surface area contributed by atoms with Gasteiger partial charge in [0.05, 0.1) is 5.54 Å². The summed E-state index contributed by atoms with van der Waals surface area (Å²) in [6, 6.07) is 6.45. The van der Waals surface area contributed by atoms with Crippen LogP contribution in [0.15, 0.2) is 24.3 Å². The number of aryl methyl sites for hydroxylation is 1. The van der Waals surface area contributed by atoms with Crippen LogP contribution < -0.4 is 5.32 Å². The second kappa shape index (κ2) is 3.90. The molecule has 1 aromatic carbocycles. The highest BCUT2D eigenvalue weighted by Crippen LogP contribution is 2.35. The lowest BCUT2D eigenvalue weighted by atomic mass is 9.90. The fourth-order valence-electron chi connectivity index (χ4n) is 2.14. The summed E-state index contributed by atoms with van der Waals surface area (Å²) in [5.41, 5.74) is 5.39. The van der Waals surface area contributed by atoms with Gasteiger partial charge in [-0.1, -0.05) is 24.3 Å². The minimum Gasteiger partial charge on any atom is -0.376 e. The van der Waals surface area contributed by atoms with Gasteiger partial charge in [0.25, 0.3) is 0 Å². The van der Waals surface area contributed by atoms with Gasteiger partial charge in [-0.25, -0.2) is 0 Å². The van der Waals surface area contributed by atoms with Crippen LogP contribution in [-0.4, -0.2) is 5.54 Å². The third-order valence-electron chi connectivity index (χ3n) is 2.72. The van der Waals surface area contributed by atoms with Gasteiger partial charge < -0.3 is 5.32 Å². The number of halogens is 1. The Bertz CT molecular complexity index is 405. The van der Waals surface area contributed by atoms with E-state index in [-0.39, 0.29) is 17.9 Å². The Morgan fingerprint density at radius 1 is 1.13 bits per heavy atom. The van der Waals surface area contributed by atoms with Crippen molar-refractivity contribution in [1.82, 2.24) is 0 Å². The summed E-state index contributed by atoms with van der Waals surface area (Å²) in [6.07, 6.45) is 2.29. The van der Waals surface area contributed by atoms with Gasteiger partial charge in [-0.15, -0.1) is 12.4 Å². The molecule has 0 aliphatic carbocycles. The molecule has 0 saturated heterocycles. The SMILES string of the molecule is CC1=CC(C)(C)Nc2c(C)cccc21.Cl. The number of fused-ring (bicyclic) bond motifs is 1. The Hall–Kier alpha value is -0.950. The van der Waals surface area contributed by atoms with Crippen LogP contribution >= 0.6 is 12.4 Å². The van der Waals surface area contributed by atoms with Crippen molar-refractivity contribution in [3.05, 3.63) is 35.4 Å². The molecular formula is C13H18ClN. The lowest BCUT2D eigenvalue weighted by molar-refractivity contribution is 0.706. The van der Waals surface area contributed by atoms with Gasteiger partial charge in [0.1, 0.15) is 0 Å². The summed E-state index contributed by atoms with van der Waals surface area (Å²) in [7, 11) is 0. The molecule has 0 radical (unpaired) electrons. The molecule has 1 N–H and O–H groups in total. The molecule has 82 valence electrons. The van der Waals surface area contributed by atoms with E-state index in [1.165, 1.54) is 22.4 Å². The smallest absolute Gasteiger partial charge is 0.0506 e. The van der Waals surface area contributed by atoms with Crippen LogP contribution in [0.5, 0.6) is 0 Å². The Kier molecular flexibility index (Phi) is 3.15. The molecule has 2 heteroatoms. The van der Waals surface area contributed by atoms with Crippen molar-refractivity contribution in [2.45, 2.75) is 33.2 Å². The average molecular weight is 224 g/mol. The number of anilines is 1. The van der Waals surface area contributed by atoms with Crippen molar-refractivity contribution in [3.8, 4) is 0 Å². The van der Waals surface area contributed by atoms with Crippen LogP contribution in [0.1, 0.15) is 31.9 Å². The number of hydrogen-bond donors (Lipinski definition) is 1. The van der Waals surface area contributed by atoms with Crippen molar-refractivity contribution in [1.29, 1.82) is 0 Å². The molecule has 1 aromatic rings. The summed E-state index contributed by atoms with van der Waals surface area (Å²) in [4.78, 5) is 0. The molecule has 1 aliphatic heterocycles. The zero-order valence-electron chi connectivity index (χ0n) is 9.72. The zero-order chi connectivity index (χ0) is 10.3. The first-order chi connectivity index (χ1) is 6.49. The van der Waals surface area contributed by atoms with Gasteiger partial charge >= 0.3 is 0 Å². The lowest BCUT2D eigenvalue weighted by Gasteiger charge is -2.32. The first-order valence-corrected chi connectivity index (χ1v) is 5.07. The molecule has 0 saturated carbocycles. The summed E-state index contributed by atoms with van der Waals surface area (Å²) >= 11 is 0. The topological polar surface area (TPSA) is 12.0 Å². The number of para-hydroxylation sites is 1. The van der Waals surface area contributed by atoms with Crippen molar-refractivity contribution in [2.75, 3.05) is 5.32 Å². The summed E-state index contributed by atoms with van der Waals surface area (Å²) in [5.74, 6) is 0. The monoisotopic (exact) mass is 223 g/mol. The van der Waals surface area contributed by atoms with Crippen LogP contribution in [0.3, 0.4) is 0 Å². The predicted octanol–water partition coefficient (Wildman–Crippen LogP) is 4.02. The van der Waals surface area contributed by atoms with Gasteiger partial charge in [-0.2, -0.15) is 0 Å². The third kappa shape index (κ3) is 2.18. The molecule has 0 amide bonds. The Labute approximate surface area is 98.0 Å². The summed E-state index contributed by atoms with van der Waals surface area (Å²) < 4.78 is 0. The second-order valence-corrected chi connectivity index (χ2v) is 4.67. The van der Waals surface area contributed by atoms with Gasteiger partial charge in [0.2, 0.25) is 0 Å². The number of benzene rings is 1. The zero-order valence-corrected chi connectivity index (χ0v) is 10.5. The first-order valence-electron chi connectivity index (χ1n) is 5.07. The minimum absolute atomic E-state index is 0. The van der Waals surface area contributed by atoms with Crippen molar-refractivity contribution in [2.24, 2.45) is 0 Å². The second-order valence-electron chi connectivity index (χ2n) is 4.67. The van der Waals surface area contributed by atoms with E-state index in [9.17, 15) is 0 Å². The van der Waals surface area contributed by atoms with E-state index in [0.29, 0.717) is 0 Å². The van der Waals surface area contributed by atoms with Gasteiger partial charge in [0.15, 0.2) is 0 Å². The molecule has 0 unspecified atom stereocenters. The van der Waals surface area contributed by atoms with Crippen molar-refractivity contribution in [3.63, 3.8) is 0 Å². The summed E-state index contributed by atoms with van der Waals surface area (Å²) in [5, 5.41) is 3.56. The van der Waals surface area contributed by atoms with E-state index < -0.39 is 0 Å². The third-order valence-corrected chi connectivity index (χ3v) is 2.72. The number of rotatable bonds is 0. The number of nitrogens with one attached hydrogen (secondary N) is 1. The molecule has 0 spiro atoms. The van der Waals surface area contributed by atoms with Gasteiger partial charge in [0, 0.05) is 11.3 Å². The molecule has 0 bridgehead atoms. The molecule has 15 heavy (non-hydrogen) atoms. The van der Waals surface area contributed by atoms with Gasteiger partial charge in [-0.05, 0) is 38.8 Å². The standard InChI is InChI=1S/C13H17N.ClH/c1-9-6-5-7-11-10(2)8-13(3,4)14-12(9)11;/h5-8,14H,1-4H3;1H. The molecule has 1 heterocycles. The van der Waals surface area contributed by atoms with Crippen LogP contribution in [0.2, 0.25) is 0 Å². The maximum Gasteiger partial charge on any atom is 0.0506 e. The first kappa shape index (κ1) is 12.1. The molecule has 1 nitrogen and oxygen atoms in total. The van der Waals surface area contributed by atoms with E-state index in [2.05, 4.69) is 57.3 Å². The molecular weight excluding hydrogens is 206 g/mol. The van der Waals surface area contributed by atoms with E-state index in [4.69, 9.17) is 0 Å². The number of allylic oxidation sites excluding steroid dienone is 1. The van der Waals surface area contributed by atoms with Crippen LogP contribution in [-0.2, 0) is 0 Å². The van der Waals surface area contributed by atoms with E-state index in [1.54, 1.807) is 0 Å². The quantitative estimate of drug-likeness (QED) is 0.701. The molecule has 1 aliphatic rings. The molecule has 0 atom stereocenters. The lowest BCUT2D eigenvalue weighted by Crippen LogP contribution is -2.31. The maximum atomic E-state index is 3.56. The maximum absolute atomic E-state index is 3.56. The molecule has 0 fully saturated rings. The fourth-order valence-corrected chi connectivity index (χ4v) is 2.14. The Morgan fingerprint density at radius 2 is 1.80 bits per heavy atom. The van der Waals surface area contributed by atoms with Crippen molar-refractivity contribution >= 4 is 23.7 Å². The fraction of sp³-hybridized carbons (Fsp3) is 0.385. The Balaban J connectivity index is 0.00000112. The average Bonchev–Trinajstić information content (AvgIpc) is 2.05.